The SMILES string of the molecule is C[N+](C)(C)n1cc(C(N)=O)c2ccccc21. The van der Waals surface area contributed by atoms with E-state index in [9.17, 15) is 4.79 Å². The molecule has 0 spiro atoms. The summed E-state index contributed by atoms with van der Waals surface area (Å²) in [5.41, 5.74) is 6.97. The Morgan fingerprint density at radius 3 is 2.44 bits per heavy atom. The molecular weight excluding hydrogens is 202 g/mol. The van der Waals surface area contributed by atoms with Crippen LogP contribution in [0, 0.1) is 0 Å². The fraction of sp³-hybridized carbons (Fsp3) is 0.250. The van der Waals surface area contributed by atoms with Crippen molar-refractivity contribution < 1.29 is 4.79 Å². The lowest BCUT2D eigenvalue weighted by atomic mass is 10.2. The molecule has 4 nitrogen and oxygen atoms in total. The Balaban J connectivity index is 2.82. The number of rotatable bonds is 2. The molecular formula is C12H16N3O+. The van der Waals surface area contributed by atoms with Gasteiger partial charge in [0.25, 0.3) is 5.91 Å². The second kappa shape index (κ2) is 3.35. The number of hydrogen-bond donors (Lipinski definition) is 1. The molecule has 0 saturated carbocycles. The molecule has 2 aromatic rings. The first-order valence-electron chi connectivity index (χ1n) is 5.13. The van der Waals surface area contributed by atoms with Crippen LogP contribution < -0.4 is 10.3 Å². The molecule has 1 amide bonds. The number of benzene rings is 1. The predicted molar refractivity (Wildman–Crippen MR) is 65.8 cm³/mol. The van der Waals surface area contributed by atoms with Gasteiger partial charge < -0.3 is 5.73 Å². The summed E-state index contributed by atoms with van der Waals surface area (Å²) in [6, 6.07) is 7.78. The summed E-state index contributed by atoms with van der Waals surface area (Å²) in [6.45, 7) is 0. The van der Waals surface area contributed by atoms with E-state index in [0.29, 0.717) is 10.2 Å². The summed E-state index contributed by atoms with van der Waals surface area (Å²) in [5, 5.41) is 0.906. The Morgan fingerprint density at radius 2 is 1.88 bits per heavy atom. The lowest BCUT2D eigenvalue weighted by molar-refractivity contribution is 0.100. The van der Waals surface area contributed by atoms with Crippen LogP contribution in [0.3, 0.4) is 0 Å². The van der Waals surface area contributed by atoms with Crippen molar-refractivity contribution in [2.24, 2.45) is 5.73 Å². The minimum Gasteiger partial charge on any atom is -0.366 e. The van der Waals surface area contributed by atoms with E-state index in [2.05, 4.69) is 0 Å². The number of quaternary nitrogens is 1. The lowest BCUT2D eigenvalue weighted by Gasteiger charge is -2.25. The summed E-state index contributed by atoms with van der Waals surface area (Å²) >= 11 is 0. The van der Waals surface area contributed by atoms with E-state index >= 15 is 0 Å². The van der Waals surface area contributed by atoms with E-state index < -0.39 is 0 Å². The third-order valence-electron chi connectivity index (χ3n) is 2.60. The Bertz CT molecular complexity index is 549. The van der Waals surface area contributed by atoms with Gasteiger partial charge in [0.05, 0.1) is 32.9 Å². The van der Waals surface area contributed by atoms with Crippen LogP contribution in [-0.4, -0.2) is 31.7 Å². The minimum atomic E-state index is -0.386. The van der Waals surface area contributed by atoms with E-state index in [4.69, 9.17) is 5.73 Å². The molecule has 0 saturated heterocycles. The third kappa shape index (κ3) is 1.57. The number of carbonyl (C=O) groups excluding carboxylic acids is 1. The van der Waals surface area contributed by atoms with Gasteiger partial charge in [-0.15, -0.1) is 0 Å². The fourth-order valence-corrected chi connectivity index (χ4v) is 1.86. The summed E-state index contributed by atoms with van der Waals surface area (Å²) < 4.78 is 2.61. The third-order valence-corrected chi connectivity index (χ3v) is 2.60. The first kappa shape index (κ1) is 10.7. The van der Waals surface area contributed by atoms with Crippen LogP contribution in [0.5, 0.6) is 0 Å². The summed E-state index contributed by atoms with van der Waals surface area (Å²) in [7, 11) is 6.12. The molecule has 0 atom stereocenters. The number of nitrogens with two attached hydrogens (primary N) is 1. The molecule has 84 valence electrons. The zero-order chi connectivity index (χ0) is 11.9. The highest BCUT2D eigenvalue weighted by atomic mass is 16.1. The van der Waals surface area contributed by atoms with E-state index in [1.807, 2.05) is 56.3 Å². The summed E-state index contributed by atoms with van der Waals surface area (Å²) in [6.07, 6.45) is 1.81. The Hall–Kier alpha value is -1.81. The Kier molecular flexibility index (Phi) is 2.24. The molecule has 0 aliphatic heterocycles. The molecule has 1 aromatic heterocycles. The number of hydrogen-bond acceptors (Lipinski definition) is 1. The first-order chi connectivity index (χ1) is 7.41. The van der Waals surface area contributed by atoms with Gasteiger partial charge in [0, 0.05) is 5.39 Å². The molecule has 0 unspecified atom stereocenters. The number of fused-ring (bicyclic) bond motifs is 1. The second-order valence-corrected chi connectivity index (χ2v) is 4.71. The molecule has 2 rings (SSSR count). The van der Waals surface area contributed by atoms with Crippen molar-refractivity contribution >= 4 is 16.8 Å². The van der Waals surface area contributed by atoms with Crippen molar-refractivity contribution in [1.29, 1.82) is 0 Å². The monoisotopic (exact) mass is 218 g/mol. The zero-order valence-electron chi connectivity index (χ0n) is 9.77. The van der Waals surface area contributed by atoms with Crippen molar-refractivity contribution in [3.05, 3.63) is 36.0 Å². The van der Waals surface area contributed by atoms with Crippen LogP contribution in [0.2, 0.25) is 0 Å². The summed E-state index contributed by atoms with van der Waals surface area (Å²) in [4.78, 5) is 11.4. The van der Waals surface area contributed by atoms with Gasteiger partial charge in [-0.3, -0.25) is 4.79 Å². The molecule has 16 heavy (non-hydrogen) atoms. The largest absolute Gasteiger partial charge is 0.366 e. The molecule has 0 bridgehead atoms. The smallest absolute Gasteiger partial charge is 0.251 e. The number of primary amides is 1. The van der Waals surface area contributed by atoms with E-state index in [-0.39, 0.29) is 5.91 Å². The fourth-order valence-electron chi connectivity index (χ4n) is 1.86. The molecule has 1 aromatic carbocycles. The van der Waals surface area contributed by atoms with Gasteiger partial charge in [-0.05, 0) is 6.07 Å². The average Bonchev–Trinajstić information content (AvgIpc) is 2.56. The number of para-hydroxylation sites is 1. The molecule has 0 radical (unpaired) electrons. The van der Waals surface area contributed by atoms with Gasteiger partial charge in [-0.25, -0.2) is 4.59 Å². The molecule has 0 fully saturated rings. The number of amides is 1. The first-order valence-corrected chi connectivity index (χ1v) is 5.13. The maximum atomic E-state index is 11.4. The Labute approximate surface area is 94.4 Å². The van der Waals surface area contributed by atoms with E-state index in [1.165, 1.54) is 0 Å². The predicted octanol–water partition coefficient (Wildman–Crippen LogP) is 1.07. The van der Waals surface area contributed by atoms with Gasteiger partial charge in [-0.1, -0.05) is 18.2 Å². The Morgan fingerprint density at radius 1 is 1.25 bits per heavy atom. The van der Waals surface area contributed by atoms with Crippen molar-refractivity contribution in [2.75, 3.05) is 21.1 Å². The van der Waals surface area contributed by atoms with Crippen LogP contribution in [-0.2, 0) is 0 Å². The topological polar surface area (TPSA) is 48.0 Å². The molecule has 0 aliphatic rings. The van der Waals surface area contributed by atoms with Gasteiger partial charge in [0.1, 0.15) is 5.52 Å². The average molecular weight is 218 g/mol. The van der Waals surface area contributed by atoms with Crippen LogP contribution in [0.4, 0.5) is 0 Å². The van der Waals surface area contributed by atoms with Crippen LogP contribution in [0.1, 0.15) is 10.4 Å². The van der Waals surface area contributed by atoms with Gasteiger partial charge in [0.2, 0.25) is 0 Å². The highest BCUT2D eigenvalue weighted by Gasteiger charge is 2.19. The molecule has 4 heteroatoms. The highest BCUT2D eigenvalue weighted by Crippen LogP contribution is 2.21. The van der Waals surface area contributed by atoms with Gasteiger partial charge in [-0.2, -0.15) is 4.68 Å². The molecule has 2 N–H and O–H groups in total. The second-order valence-electron chi connectivity index (χ2n) is 4.71. The summed E-state index contributed by atoms with van der Waals surface area (Å²) in [5.74, 6) is -0.386. The maximum Gasteiger partial charge on any atom is 0.251 e. The minimum absolute atomic E-state index is 0.386. The van der Waals surface area contributed by atoms with Gasteiger partial charge >= 0.3 is 0 Å². The standard InChI is InChI=1S/C12H15N3O/c1-15(2,3)14-8-10(12(13)16)9-6-4-5-7-11(9)14/h4-8H,1-3H3,(H-,13,16)/p+1. The maximum absolute atomic E-state index is 11.4. The lowest BCUT2D eigenvalue weighted by Crippen LogP contribution is -2.45. The van der Waals surface area contributed by atoms with Crippen molar-refractivity contribution in [2.45, 2.75) is 0 Å². The highest BCUT2D eigenvalue weighted by molar-refractivity contribution is 6.06. The number of aromatic nitrogens is 1. The quantitative estimate of drug-likeness (QED) is 0.753. The number of carbonyl (C=O) groups is 1. The van der Waals surface area contributed by atoms with Crippen LogP contribution in [0.25, 0.3) is 10.9 Å². The van der Waals surface area contributed by atoms with Crippen LogP contribution >= 0.6 is 0 Å². The molecule has 0 aliphatic carbocycles. The van der Waals surface area contributed by atoms with E-state index in [0.717, 1.165) is 10.9 Å². The van der Waals surface area contributed by atoms with Crippen LogP contribution in [0.15, 0.2) is 30.5 Å². The van der Waals surface area contributed by atoms with E-state index in [1.54, 1.807) is 0 Å². The van der Waals surface area contributed by atoms with Crippen molar-refractivity contribution in [3.63, 3.8) is 0 Å². The normalized spacial score (nSPS) is 11.9. The molecule has 1 heterocycles. The van der Waals surface area contributed by atoms with Gasteiger partial charge in [0.15, 0.2) is 0 Å². The number of nitrogens with zero attached hydrogens (tertiary/aromatic N) is 2. The zero-order valence-corrected chi connectivity index (χ0v) is 9.77. The van der Waals surface area contributed by atoms with Crippen molar-refractivity contribution in [3.8, 4) is 0 Å². The van der Waals surface area contributed by atoms with Crippen molar-refractivity contribution in [1.82, 2.24) is 9.27 Å².